The van der Waals surface area contributed by atoms with Gasteiger partial charge in [-0.25, -0.2) is 9.59 Å². The van der Waals surface area contributed by atoms with E-state index >= 15 is 0 Å². The van der Waals surface area contributed by atoms with E-state index in [2.05, 4.69) is 9.98 Å². The van der Waals surface area contributed by atoms with Gasteiger partial charge in [0.05, 0.1) is 0 Å². The minimum atomic E-state index is -1.17. The molecule has 1 aliphatic carbocycles. The lowest BCUT2D eigenvalue weighted by Crippen LogP contribution is -2.28. The summed E-state index contributed by atoms with van der Waals surface area (Å²) in [5.74, 6) is 0. The molecule has 4 nitrogen and oxygen atoms in total. The fourth-order valence-electron chi connectivity index (χ4n) is 2.44. The van der Waals surface area contributed by atoms with E-state index in [4.69, 9.17) is 0 Å². The van der Waals surface area contributed by atoms with Crippen LogP contribution in [0.25, 0.3) is 5.57 Å². The molecule has 1 aromatic rings. The van der Waals surface area contributed by atoms with E-state index < -0.39 is 5.66 Å². The first-order valence-corrected chi connectivity index (χ1v) is 6.26. The third kappa shape index (κ3) is 2.30. The minimum absolute atomic E-state index is 0.352. The van der Waals surface area contributed by atoms with Crippen molar-refractivity contribution in [2.45, 2.75) is 25.9 Å². The zero-order valence-corrected chi connectivity index (χ0v) is 11.4. The highest BCUT2D eigenvalue weighted by atomic mass is 16.1. The molecule has 100 valence electrons. The molecular weight excluding hydrogens is 252 g/mol. The van der Waals surface area contributed by atoms with Crippen molar-refractivity contribution in [1.29, 1.82) is 0 Å². The van der Waals surface area contributed by atoms with Gasteiger partial charge >= 0.3 is 0 Å². The zero-order valence-electron chi connectivity index (χ0n) is 11.4. The first-order chi connectivity index (χ1) is 9.64. The molecule has 0 saturated heterocycles. The molecule has 20 heavy (non-hydrogen) atoms. The minimum Gasteiger partial charge on any atom is -0.211 e. The second kappa shape index (κ2) is 5.62. The van der Waals surface area contributed by atoms with E-state index in [-0.39, 0.29) is 0 Å². The number of allylic oxidation sites excluding steroid dienone is 2. The summed E-state index contributed by atoms with van der Waals surface area (Å²) >= 11 is 0. The Labute approximate surface area is 117 Å². The van der Waals surface area contributed by atoms with Crippen molar-refractivity contribution in [2.24, 2.45) is 9.98 Å². The molecule has 0 saturated carbocycles. The van der Waals surface area contributed by atoms with Gasteiger partial charge in [0.15, 0.2) is 5.66 Å². The van der Waals surface area contributed by atoms with E-state index in [0.29, 0.717) is 6.42 Å². The maximum atomic E-state index is 10.6. The second-order valence-corrected chi connectivity index (χ2v) is 4.66. The lowest BCUT2D eigenvalue weighted by Gasteiger charge is -2.29. The largest absolute Gasteiger partial charge is 0.237 e. The number of hydrogen-bond donors (Lipinski definition) is 0. The van der Waals surface area contributed by atoms with Gasteiger partial charge in [0.1, 0.15) is 0 Å². The molecule has 0 aliphatic heterocycles. The molecule has 0 fully saturated rings. The molecule has 0 heterocycles. The Morgan fingerprint density at radius 1 is 1.05 bits per heavy atom. The first-order valence-electron chi connectivity index (χ1n) is 6.26. The number of benzene rings is 1. The Morgan fingerprint density at radius 3 is 2.20 bits per heavy atom. The predicted octanol–water partition coefficient (Wildman–Crippen LogP) is 3.18. The van der Waals surface area contributed by atoms with Crippen LogP contribution < -0.4 is 0 Å². The average Bonchev–Trinajstić information content (AvgIpc) is 2.46. The summed E-state index contributed by atoms with van der Waals surface area (Å²) in [6.45, 7) is 3.76. The van der Waals surface area contributed by atoms with Crippen molar-refractivity contribution < 1.29 is 9.59 Å². The van der Waals surface area contributed by atoms with Crippen molar-refractivity contribution in [3.8, 4) is 0 Å². The molecule has 0 aromatic heterocycles. The van der Waals surface area contributed by atoms with Crippen LogP contribution in [0.1, 0.15) is 25.8 Å². The number of nitrogens with zero attached hydrogens (tertiary/aromatic N) is 2. The number of carbonyl (C=O) groups excluding carboxylic acids is 2. The number of rotatable bonds is 3. The zero-order chi connectivity index (χ0) is 14.6. The molecule has 2 rings (SSSR count). The van der Waals surface area contributed by atoms with Gasteiger partial charge in [-0.05, 0) is 36.1 Å². The van der Waals surface area contributed by atoms with Gasteiger partial charge in [0, 0.05) is 6.42 Å². The van der Waals surface area contributed by atoms with Gasteiger partial charge in [0.25, 0.3) is 0 Å². The third-order valence-electron chi connectivity index (χ3n) is 3.70. The summed E-state index contributed by atoms with van der Waals surface area (Å²) in [4.78, 5) is 28.7. The maximum absolute atomic E-state index is 10.6. The SMILES string of the molecule is CC1=C(C)C(N=C=O)(N=C=O)CC=C1c1ccccc1. The molecule has 4 heteroatoms. The lowest BCUT2D eigenvalue weighted by molar-refractivity contribution is 0.493. The highest BCUT2D eigenvalue weighted by molar-refractivity contribution is 5.81. The smallest absolute Gasteiger partial charge is 0.211 e. The van der Waals surface area contributed by atoms with Gasteiger partial charge in [0.2, 0.25) is 12.2 Å². The van der Waals surface area contributed by atoms with Crippen LogP contribution in [0.15, 0.2) is 57.5 Å². The van der Waals surface area contributed by atoms with Crippen LogP contribution in [0.3, 0.4) is 0 Å². The monoisotopic (exact) mass is 266 g/mol. The summed E-state index contributed by atoms with van der Waals surface area (Å²) in [7, 11) is 0. The fraction of sp³-hybridized carbons (Fsp3) is 0.250. The molecule has 1 aliphatic rings. The Balaban J connectivity index is 2.54. The van der Waals surface area contributed by atoms with Crippen LogP contribution in [0.4, 0.5) is 0 Å². The molecule has 0 radical (unpaired) electrons. The summed E-state index contributed by atoms with van der Waals surface area (Å²) in [6.07, 6.45) is 5.31. The molecular formula is C16H14N2O2. The Hall–Kier alpha value is -2.54. The fourth-order valence-corrected chi connectivity index (χ4v) is 2.44. The van der Waals surface area contributed by atoms with E-state index in [1.165, 1.54) is 12.2 Å². The van der Waals surface area contributed by atoms with Crippen LogP contribution in [0.2, 0.25) is 0 Å². The van der Waals surface area contributed by atoms with Gasteiger partial charge in [-0.15, -0.1) is 0 Å². The van der Waals surface area contributed by atoms with Gasteiger partial charge < -0.3 is 0 Å². The van der Waals surface area contributed by atoms with E-state index in [1.54, 1.807) is 0 Å². The number of aliphatic imine (C=N–C) groups is 2. The first kappa shape index (κ1) is 13.9. The van der Waals surface area contributed by atoms with Gasteiger partial charge in [-0.2, -0.15) is 9.98 Å². The average molecular weight is 266 g/mol. The number of hydrogen-bond acceptors (Lipinski definition) is 4. The highest BCUT2D eigenvalue weighted by Crippen LogP contribution is 2.40. The normalized spacial score (nSPS) is 21.6. The van der Waals surface area contributed by atoms with Gasteiger partial charge in [-0.1, -0.05) is 36.4 Å². The molecule has 0 atom stereocenters. The van der Waals surface area contributed by atoms with Crippen molar-refractivity contribution in [1.82, 2.24) is 0 Å². The molecule has 0 unspecified atom stereocenters. The molecule has 0 spiro atoms. The van der Waals surface area contributed by atoms with Gasteiger partial charge in [-0.3, -0.25) is 0 Å². The lowest BCUT2D eigenvalue weighted by atomic mass is 9.82. The Bertz CT molecular complexity index is 656. The van der Waals surface area contributed by atoms with Crippen LogP contribution in [0, 0.1) is 0 Å². The standard InChI is InChI=1S/C16H14N2O2/c1-12-13(2)16(17-10-19,18-11-20)9-8-15(12)14-6-4-3-5-7-14/h3-8H,9H2,1-2H3. The highest BCUT2D eigenvalue weighted by Gasteiger charge is 2.35. The van der Waals surface area contributed by atoms with Crippen LogP contribution in [-0.2, 0) is 9.59 Å². The van der Waals surface area contributed by atoms with Crippen LogP contribution >= 0.6 is 0 Å². The number of isocyanates is 2. The third-order valence-corrected chi connectivity index (χ3v) is 3.70. The van der Waals surface area contributed by atoms with Crippen molar-refractivity contribution in [3.05, 3.63) is 53.1 Å². The topological polar surface area (TPSA) is 58.9 Å². The van der Waals surface area contributed by atoms with Crippen molar-refractivity contribution in [3.63, 3.8) is 0 Å². The van der Waals surface area contributed by atoms with E-state index in [0.717, 1.165) is 22.3 Å². The molecule has 0 N–H and O–H groups in total. The summed E-state index contributed by atoms with van der Waals surface area (Å²) < 4.78 is 0. The molecule has 1 aromatic carbocycles. The maximum Gasteiger partial charge on any atom is 0.237 e. The van der Waals surface area contributed by atoms with Crippen molar-refractivity contribution >= 4 is 17.7 Å². The Morgan fingerprint density at radius 2 is 1.65 bits per heavy atom. The summed E-state index contributed by atoms with van der Waals surface area (Å²) in [5, 5.41) is 0. The molecule has 0 bridgehead atoms. The summed E-state index contributed by atoms with van der Waals surface area (Å²) in [5.41, 5.74) is 2.71. The molecule has 0 amide bonds. The quantitative estimate of drug-likeness (QED) is 0.623. The summed E-state index contributed by atoms with van der Waals surface area (Å²) in [6, 6.07) is 9.92. The van der Waals surface area contributed by atoms with Crippen LogP contribution in [0.5, 0.6) is 0 Å². The predicted molar refractivity (Wildman–Crippen MR) is 76.4 cm³/mol. The van der Waals surface area contributed by atoms with E-state index in [1.807, 2.05) is 50.3 Å². The Kier molecular flexibility index (Phi) is 3.90. The second-order valence-electron chi connectivity index (χ2n) is 4.66. The van der Waals surface area contributed by atoms with Crippen LogP contribution in [-0.4, -0.2) is 17.8 Å². The van der Waals surface area contributed by atoms with E-state index in [9.17, 15) is 9.59 Å². The van der Waals surface area contributed by atoms with Crippen molar-refractivity contribution in [2.75, 3.05) is 0 Å².